The number of benzene rings is 1. The van der Waals surface area contributed by atoms with Crippen molar-refractivity contribution in [2.45, 2.75) is 20.8 Å². The topological polar surface area (TPSA) is 84.3 Å². The van der Waals surface area contributed by atoms with Crippen LogP contribution in [0.15, 0.2) is 12.1 Å². The molecule has 1 aromatic rings. The number of carbonyl (C=O) groups excluding carboxylic acids is 1. The van der Waals surface area contributed by atoms with E-state index in [0.717, 1.165) is 6.54 Å². The Bertz CT molecular complexity index is 557. The molecule has 0 radical (unpaired) electrons. The first-order valence-corrected chi connectivity index (χ1v) is 6.67. The van der Waals surface area contributed by atoms with Crippen molar-refractivity contribution in [1.29, 1.82) is 0 Å². The molecule has 0 saturated carbocycles. The van der Waals surface area contributed by atoms with Crippen LogP contribution >= 0.6 is 0 Å². The molecule has 0 aliphatic carbocycles. The highest BCUT2D eigenvalue weighted by molar-refractivity contribution is 5.94. The number of rotatable bonds is 3. The largest absolute Gasteiger partial charge is 0.326 e. The number of anilines is 1. The molecular formula is C14H19N3O3. The molecule has 0 bridgehead atoms. The summed E-state index contributed by atoms with van der Waals surface area (Å²) in [7, 11) is 0. The van der Waals surface area contributed by atoms with Crippen LogP contribution in [0.1, 0.15) is 18.1 Å². The second kappa shape index (κ2) is 5.58. The molecule has 2 N–H and O–H groups in total. The van der Waals surface area contributed by atoms with E-state index >= 15 is 0 Å². The van der Waals surface area contributed by atoms with Crippen LogP contribution in [0.4, 0.5) is 11.4 Å². The normalized spacial score (nSPS) is 21.8. The number of nitrogens with one attached hydrogen (secondary N) is 2. The minimum absolute atomic E-state index is 0.0288. The van der Waals surface area contributed by atoms with E-state index in [1.54, 1.807) is 19.9 Å². The summed E-state index contributed by atoms with van der Waals surface area (Å²) in [5, 5.41) is 16.9. The summed E-state index contributed by atoms with van der Waals surface area (Å²) in [6.45, 7) is 7.00. The Morgan fingerprint density at radius 1 is 1.35 bits per heavy atom. The lowest BCUT2D eigenvalue weighted by Crippen LogP contribution is -2.28. The summed E-state index contributed by atoms with van der Waals surface area (Å²) in [4.78, 5) is 22.7. The Balaban J connectivity index is 2.19. The third-order valence-corrected chi connectivity index (χ3v) is 3.85. The molecule has 1 fully saturated rings. The molecule has 6 nitrogen and oxygen atoms in total. The van der Waals surface area contributed by atoms with Gasteiger partial charge in [0.05, 0.1) is 10.8 Å². The third-order valence-electron chi connectivity index (χ3n) is 3.85. The second-order valence-electron chi connectivity index (χ2n) is 5.44. The molecule has 2 atom stereocenters. The van der Waals surface area contributed by atoms with Crippen molar-refractivity contribution < 1.29 is 9.72 Å². The van der Waals surface area contributed by atoms with Gasteiger partial charge < -0.3 is 10.6 Å². The molecule has 1 amide bonds. The summed E-state index contributed by atoms with van der Waals surface area (Å²) in [6.07, 6.45) is 0. The fourth-order valence-corrected chi connectivity index (χ4v) is 2.52. The zero-order valence-electron chi connectivity index (χ0n) is 11.9. The number of aryl methyl sites for hydroxylation is 2. The maximum atomic E-state index is 12.2. The zero-order chi connectivity index (χ0) is 14.9. The minimum atomic E-state index is -0.406. The number of hydrogen-bond donors (Lipinski definition) is 2. The van der Waals surface area contributed by atoms with E-state index in [0.29, 0.717) is 29.3 Å². The van der Waals surface area contributed by atoms with Crippen LogP contribution in [-0.4, -0.2) is 23.9 Å². The van der Waals surface area contributed by atoms with Crippen LogP contribution in [0.25, 0.3) is 0 Å². The first-order chi connectivity index (χ1) is 9.40. The van der Waals surface area contributed by atoms with E-state index in [-0.39, 0.29) is 17.5 Å². The molecule has 1 saturated heterocycles. The molecule has 0 spiro atoms. The van der Waals surface area contributed by atoms with Gasteiger partial charge >= 0.3 is 0 Å². The van der Waals surface area contributed by atoms with Gasteiger partial charge in [-0.2, -0.15) is 0 Å². The van der Waals surface area contributed by atoms with Gasteiger partial charge in [-0.05, 0) is 37.9 Å². The lowest BCUT2D eigenvalue weighted by molar-refractivity contribution is -0.385. The van der Waals surface area contributed by atoms with Gasteiger partial charge in [0.2, 0.25) is 5.91 Å². The van der Waals surface area contributed by atoms with Gasteiger partial charge in [-0.1, -0.05) is 6.92 Å². The Labute approximate surface area is 117 Å². The fourth-order valence-electron chi connectivity index (χ4n) is 2.52. The Hall–Kier alpha value is -1.95. The summed E-state index contributed by atoms with van der Waals surface area (Å²) in [5.41, 5.74) is 1.98. The highest BCUT2D eigenvalue weighted by atomic mass is 16.6. The number of carbonyl (C=O) groups is 1. The fraction of sp³-hybridized carbons (Fsp3) is 0.500. The summed E-state index contributed by atoms with van der Waals surface area (Å²) in [5.74, 6) is 0.221. The van der Waals surface area contributed by atoms with Crippen molar-refractivity contribution in [1.82, 2.24) is 5.32 Å². The molecule has 20 heavy (non-hydrogen) atoms. The number of amides is 1. The number of nitro benzene ring substituents is 1. The van der Waals surface area contributed by atoms with Crippen molar-refractivity contribution in [2.24, 2.45) is 11.8 Å². The molecule has 0 aromatic heterocycles. The molecule has 6 heteroatoms. The monoisotopic (exact) mass is 277 g/mol. The first-order valence-electron chi connectivity index (χ1n) is 6.67. The van der Waals surface area contributed by atoms with Crippen molar-refractivity contribution >= 4 is 17.3 Å². The molecular weight excluding hydrogens is 258 g/mol. The van der Waals surface area contributed by atoms with Crippen LogP contribution < -0.4 is 10.6 Å². The van der Waals surface area contributed by atoms with Gasteiger partial charge in [0.1, 0.15) is 0 Å². The molecule has 1 heterocycles. The van der Waals surface area contributed by atoms with Crippen LogP contribution in [-0.2, 0) is 4.79 Å². The van der Waals surface area contributed by atoms with Crippen LogP contribution in [0.2, 0.25) is 0 Å². The molecule has 1 aromatic carbocycles. The zero-order valence-corrected chi connectivity index (χ0v) is 11.9. The van der Waals surface area contributed by atoms with Gasteiger partial charge in [-0.25, -0.2) is 0 Å². The molecule has 108 valence electrons. The number of nitrogens with zero attached hydrogens (tertiary/aromatic N) is 1. The Kier molecular flexibility index (Phi) is 4.04. The van der Waals surface area contributed by atoms with Crippen LogP contribution in [0.5, 0.6) is 0 Å². The SMILES string of the molecule is Cc1cc([N+](=O)[O-])c(C)cc1NC(=O)C1CNCC1C. The first kappa shape index (κ1) is 14.5. The van der Waals surface area contributed by atoms with Gasteiger partial charge in [0.15, 0.2) is 0 Å². The van der Waals surface area contributed by atoms with Gasteiger partial charge in [0, 0.05) is 23.9 Å². The summed E-state index contributed by atoms with van der Waals surface area (Å²) >= 11 is 0. The lowest BCUT2D eigenvalue weighted by atomic mass is 9.97. The average Bonchev–Trinajstić information content (AvgIpc) is 2.79. The van der Waals surface area contributed by atoms with E-state index in [4.69, 9.17) is 0 Å². The van der Waals surface area contributed by atoms with Crippen molar-refractivity contribution in [2.75, 3.05) is 18.4 Å². The van der Waals surface area contributed by atoms with Gasteiger partial charge in [0.25, 0.3) is 5.69 Å². The Morgan fingerprint density at radius 2 is 2.05 bits per heavy atom. The summed E-state index contributed by atoms with van der Waals surface area (Å²) < 4.78 is 0. The number of nitro groups is 1. The predicted molar refractivity (Wildman–Crippen MR) is 76.7 cm³/mol. The van der Waals surface area contributed by atoms with E-state index in [9.17, 15) is 14.9 Å². The van der Waals surface area contributed by atoms with E-state index in [1.807, 2.05) is 6.92 Å². The predicted octanol–water partition coefficient (Wildman–Crippen LogP) is 2.01. The van der Waals surface area contributed by atoms with E-state index in [1.165, 1.54) is 6.07 Å². The molecule has 1 aliphatic heterocycles. The minimum Gasteiger partial charge on any atom is -0.326 e. The van der Waals surface area contributed by atoms with Gasteiger partial charge in [-0.15, -0.1) is 0 Å². The standard InChI is InChI=1S/C14H19N3O3/c1-8-5-13(17(19)20)9(2)4-12(8)16-14(18)11-7-15-6-10(11)3/h4-5,10-11,15H,6-7H2,1-3H3,(H,16,18). The van der Waals surface area contributed by atoms with E-state index in [2.05, 4.69) is 10.6 Å². The number of hydrogen-bond acceptors (Lipinski definition) is 4. The Morgan fingerprint density at radius 3 is 2.60 bits per heavy atom. The molecule has 2 unspecified atom stereocenters. The summed E-state index contributed by atoms with van der Waals surface area (Å²) in [6, 6.07) is 3.17. The highest BCUT2D eigenvalue weighted by Crippen LogP contribution is 2.27. The van der Waals surface area contributed by atoms with Crippen molar-refractivity contribution in [3.8, 4) is 0 Å². The quantitative estimate of drug-likeness (QED) is 0.654. The maximum absolute atomic E-state index is 12.2. The van der Waals surface area contributed by atoms with E-state index < -0.39 is 4.92 Å². The van der Waals surface area contributed by atoms with Crippen LogP contribution in [0, 0.1) is 35.8 Å². The second-order valence-corrected chi connectivity index (χ2v) is 5.44. The maximum Gasteiger partial charge on any atom is 0.272 e. The van der Waals surface area contributed by atoms with Crippen molar-refractivity contribution in [3.63, 3.8) is 0 Å². The smallest absolute Gasteiger partial charge is 0.272 e. The highest BCUT2D eigenvalue weighted by Gasteiger charge is 2.30. The van der Waals surface area contributed by atoms with Crippen molar-refractivity contribution in [3.05, 3.63) is 33.4 Å². The lowest BCUT2D eigenvalue weighted by Gasteiger charge is -2.16. The molecule has 2 rings (SSSR count). The molecule has 1 aliphatic rings. The van der Waals surface area contributed by atoms with Gasteiger partial charge in [-0.3, -0.25) is 14.9 Å². The van der Waals surface area contributed by atoms with Crippen LogP contribution in [0.3, 0.4) is 0 Å². The third kappa shape index (κ3) is 2.80. The average molecular weight is 277 g/mol.